The van der Waals surface area contributed by atoms with Crippen molar-refractivity contribution >= 4 is 5.91 Å². The van der Waals surface area contributed by atoms with Crippen LogP contribution in [0.5, 0.6) is 0 Å². The molecule has 3 N–H and O–H groups in total. The second kappa shape index (κ2) is 5.44. The Morgan fingerprint density at radius 2 is 1.85 bits per heavy atom. The van der Waals surface area contributed by atoms with Crippen LogP contribution in [0.1, 0.15) is 36.6 Å². The van der Waals surface area contributed by atoms with Gasteiger partial charge in [0.2, 0.25) is 5.91 Å². The molecule has 20 heavy (non-hydrogen) atoms. The predicted molar refractivity (Wildman–Crippen MR) is 71.1 cm³/mol. The number of hydrogen-bond donors (Lipinski definition) is 2. The van der Waals surface area contributed by atoms with Gasteiger partial charge in [0.25, 0.3) is 0 Å². The van der Waals surface area contributed by atoms with E-state index in [0.717, 1.165) is 16.7 Å². The van der Waals surface area contributed by atoms with Crippen LogP contribution in [-0.4, -0.2) is 17.6 Å². The maximum Gasteiger partial charge on any atom is 0.415 e. The van der Waals surface area contributed by atoms with E-state index in [-0.39, 0.29) is 0 Å². The Morgan fingerprint density at radius 3 is 2.35 bits per heavy atom. The third kappa shape index (κ3) is 3.30. The van der Waals surface area contributed by atoms with E-state index >= 15 is 0 Å². The van der Waals surface area contributed by atoms with E-state index in [1.54, 1.807) is 6.92 Å². The number of nitrogens with one attached hydrogen (secondary N) is 1. The van der Waals surface area contributed by atoms with Crippen LogP contribution in [0.15, 0.2) is 18.2 Å². The number of carbonyl (C=O) groups is 1. The largest absolute Gasteiger partial charge is 0.415 e. The van der Waals surface area contributed by atoms with E-state index in [1.807, 2.05) is 32.0 Å². The lowest BCUT2D eigenvalue weighted by molar-refractivity contribution is -0.187. The van der Waals surface area contributed by atoms with Gasteiger partial charge in [0.1, 0.15) is 0 Å². The molecular formula is C14H19F3N2O. The third-order valence-electron chi connectivity index (χ3n) is 3.31. The predicted octanol–water partition coefficient (Wildman–Crippen LogP) is 2.76. The molecule has 1 aromatic rings. The fraction of sp³-hybridized carbons (Fsp3) is 0.500. The van der Waals surface area contributed by atoms with Crippen molar-refractivity contribution in [3.8, 4) is 0 Å². The van der Waals surface area contributed by atoms with Gasteiger partial charge < -0.3 is 11.1 Å². The molecule has 0 bridgehead atoms. The lowest BCUT2D eigenvalue weighted by Crippen LogP contribution is -2.61. The van der Waals surface area contributed by atoms with Gasteiger partial charge in [0, 0.05) is 0 Å². The summed E-state index contributed by atoms with van der Waals surface area (Å²) in [7, 11) is 0. The van der Waals surface area contributed by atoms with Crippen molar-refractivity contribution < 1.29 is 18.0 Å². The molecule has 0 heterocycles. The SMILES string of the molecule is Cc1ccc(C)c(C(C)NC(=O)C(C)(N)C(F)(F)F)c1. The number of alkyl halides is 3. The van der Waals surface area contributed by atoms with E-state index in [2.05, 4.69) is 5.32 Å². The van der Waals surface area contributed by atoms with Gasteiger partial charge in [-0.3, -0.25) is 4.79 Å². The summed E-state index contributed by atoms with van der Waals surface area (Å²) in [5, 5.41) is 2.33. The second-order valence-corrected chi connectivity index (χ2v) is 5.26. The molecule has 2 atom stereocenters. The molecule has 1 amide bonds. The van der Waals surface area contributed by atoms with Crippen LogP contribution in [0.4, 0.5) is 13.2 Å². The third-order valence-corrected chi connectivity index (χ3v) is 3.31. The van der Waals surface area contributed by atoms with E-state index in [1.165, 1.54) is 0 Å². The number of aryl methyl sites for hydroxylation is 2. The van der Waals surface area contributed by atoms with Crippen molar-refractivity contribution in [2.75, 3.05) is 0 Å². The molecule has 1 rings (SSSR count). The second-order valence-electron chi connectivity index (χ2n) is 5.26. The number of rotatable bonds is 3. The van der Waals surface area contributed by atoms with E-state index in [9.17, 15) is 18.0 Å². The highest BCUT2D eigenvalue weighted by molar-refractivity contribution is 5.87. The average Bonchev–Trinajstić information content (AvgIpc) is 2.30. The van der Waals surface area contributed by atoms with Gasteiger partial charge in [-0.1, -0.05) is 23.8 Å². The molecule has 112 valence electrons. The van der Waals surface area contributed by atoms with Crippen LogP contribution in [-0.2, 0) is 4.79 Å². The number of amides is 1. The van der Waals surface area contributed by atoms with Crippen molar-refractivity contribution in [3.05, 3.63) is 34.9 Å². The maximum absolute atomic E-state index is 12.7. The maximum atomic E-state index is 12.7. The van der Waals surface area contributed by atoms with Crippen LogP contribution in [0.2, 0.25) is 0 Å². The highest BCUT2D eigenvalue weighted by Gasteiger charge is 2.54. The molecule has 0 fully saturated rings. The van der Waals surface area contributed by atoms with Crippen molar-refractivity contribution in [2.24, 2.45) is 5.73 Å². The number of carbonyl (C=O) groups excluding carboxylic acids is 1. The first-order chi connectivity index (χ1) is 8.96. The zero-order chi connectivity index (χ0) is 15.7. The standard InChI is InChI=1S/C14H19F3N2O/c1-8-5-6-9(2)11(7-8)10(3)19-12(20)13(4,18)14(15,16)17/h5-7,10H,18H2,1-4H3,(H,19,20). The molecular weight excluding hydrogens is 269 g/mol. The lowest BCUT2D eigenvalue weighted by Gasteiger charge is -2.28. The molecule has 0 spiro atoms. The molecule has 0 aliphatic carbocycles. The Morgan fingerprint density at radius 1 is 1.30 bits per heavy atom. The van der Waals surface area contributed by atoms with Gasteiger partial charge in [-0.2, -0.15) is 13.2 Å². The minimum Gasteiger partial charge on any atom is -0.348 e. The average molecular weight is 288 g/mol. The van der Waals surface area contributed by atoms with Gasteiger partial charge >= 0.3 is 6.18 Å². The quantitative estimate of drug-likeness (QED) is 0.898. The highest BCUT2D eigenvalue weighted by Crippen LogP contribution is 2.29. The zero-order valence-corrected chi connectivity index (χ0v) is 11.9. The van der Waals surface area contributed by atoms with Crippen LogP contribution in [0.3, 0.4) is 0 Å². The number of hydrogen-bond acceptors (Lipinski definition) is 2. The van der Waals surface area contributed by atoms with Crippen LogP contribution in [0.25, 0.3) is 0 Å². The van der Waals surface area contributed by atoms with Crippen LogP contribution < -0.4 is 11.1 Å². The summed E-state index contributed by atoms with van der Waals surface area (Å²) in [5.74, 6) is -1.24. The summed E-state index contributed by atoms with van der Waals surface area (Å²) in [6, 6.07) is 5.05. The first-order valence-corrected chi connectivity index (χ1v) is 6.20. The molecule has 0 aromatic heterocycles. The van der Waals surface area contributed by atoms with E-state index in [4.69, 9.17) is 5.73 Å². The summed E-state index contributed by atoms with van der Waals surface area (Å²) >= 11 is 0. The first kappa shape index (κ1) is 16.5. The summed E-state index contributed by atoms with van der Waals surface area (Å²) in [4.78, 5) is 11.7. The monoisotopic (exact) mass is 288 g/mol. The highest BCUT2D eigenvalue weighted by atomic mass is 19.4. The number of nitrogens with two attached hydrogens (primary N) is 1. The number of halogens is 3. The molecule has 3 nitrogen and oxygen atoms in total. The van der Waals surface area contributed by atoms with Crippen molar-refractivity contribution in [1.29, 1.82) is 0 Å². The smallest absolute Gasteiger partial charge is 0.348 e. The van der Waals surface area contributed by atoms with Crippen LogP contribution >= 0.6 is 0 Å². The Balaban J connectivity index is 2.94. The van der Waals surface area contributed by atoms with E-state index < -0.39 is 23.7 Å². The van der Waals surface area contributed by atoms with Crippen molar-refractivity contribution in [3.63, 3.8) is 0 Å². The van der Waals surface area contributed by atoms with Gasteiger partial charge in [-0.05, 0) is 38.8 Å². The molecule has 0 saturated heterocycles. The molecule has 2 unspecified atom stereocenters. The van der Waals surface area contributed by atoms with Gasteiger partial charge in [0.15, 0.2) is 5.54 Å². The Hall–Kier alpha value is -1.56. The Bertz CT molecular complexity index is 510. The van der Waals surface area contributed by atoms with Gasteiger partial charge in [0.05, 0.1) is 6.04 Å². The molecule has 0 radical (unpaired) electrons. The topological polar surface area (TPSA) is 55.1 Å². The molecule has 0 aliphatic rings. The zero-order valence-electron chi connectivity index (χ0n) is 11.9. The molecule has 0 aliphatic heterocycles. The molecule has 0 saturated carbocycles. The van der Waals surface area contributed by atoms with Crippen molar-refractivity contribution in [2.45, 2.75) is 45.5 Å². The lowest BCUT2D eigenvalue weighted by atomic mass is 9.97. The first-order valence-electron chi connectivity index (χ1n) is 6.20. The minimum absolute atomic E-state index is 0.548. The van der Waals surface area contributed by atoms with Crippen LogP contribution in [0, 0.1) is 13.8 Å². The number of benzene rings is 1. The Kier molecular flexibility index (Phi) is 4.49. The molecule has 1 aromatic carbocycles. The van der Waals surface area contributed by atoms with E-state index in [0.29, 0.717) is 6.92 Å². The van der Waals surface area contributed by atoms with Gasteiger partial charge in [-0.25, -0.2) is 0 Å². The summed E-state index contributed by atoms with van der Waals surface area (Å²) in [6.07, 6.45) is -4.79. The normalized spacial score (nSPS) is 16.4. The summed E-state index contributed by atoms with van der Waals surface area (Å²) in [5.41, 5.74) is 4.83. The fourth-order valence-electron chi connectivity index (χ4n) is 1.78. The fourth-order valence-corrected chi connectivity index (χ4v) is 1.78. The van der Waals surface area contributed by atoms with Crippen molar-refractivity contribution in [1.82, 2.24) is 5.32 Å². The Labute approximate surface area is 116 Å². The van der Waals surface area contributed by atoms with Gasteiger partial charge in [-0.15, -0.1) is 0 Å². The summed E-state index contributed by atoms with van der Waals surface area (Å²) in [6.45, 7) is 6.01. The minimum atomic E-state index is -4.79. The molecule has 6 heteroatoms. The summed E-state index contributed by atoms with van der Waals surface area (Å²) < 4.78 is 38.1.